The number of esters is 6. The summed E-state index contributed by atoms with van der Waals surface area (Å²) < 4.78 is 31.8. The lowest BCUT2D eigenvalue weighted by Crippen LogP contribution is -2.47. The zero-order valence-corrected chi connectivity index (χ0v) is 40.9. The largest absolute Gasteiger partial charge is 0.466 e. The van der Waals surface area contributed by atoms with Gasteiger partial charge in [0.2, 0.25) is 0 Å². The van der Waals surface area contributed by atoms with Crippen molar-refractivity contribution in [3.8, 4) is 0 Å². The fourth-order valence-electron chi connectivity index (χ4n) is 6.86. The molecule has 0 rings (SSSR count). The summed E-state index contributed by atoms with van der Waals surface area (Å²) in [5.74, 6) is -1.74. The molecule has 2 atom stereocenters. The highest BCUT2D eigenvalue weighted by molar-refractivity contribution is 5.71. The van der Waals surface area contributed by atoms with Crippen LogP contribution in [0.3, 0.4) is 0 Å². The number of likely N-dealkylation sites (N-methyl/N-ethyl adjacent to an activating group) is 2. The van der Waals surface area contributed by atoms with E-state index < -0.39 is 24.1 Å². The van der Waals surface area contributed by atoms with Crippen molar-refractivity contribution in [1.82, 2.24) is 0 Å². The minimum absolute atomic E-state index is 0.0227. The molecule has 2 N–H and O–H groups in total. The van der Waals surface area contributed by atoms with Gasteiger partial charge in [0.05, 0.1) is 53.6 Å². The fraction of sp³-hybridized carbons (Fsp3) is 0.875. The van der Waals surface area contributed by atoms with Gasteiger partial charge >= 0.3 is 35.8 Å². The predicted molar refractivity (Wildman–Crippen MR) is 244 cm³/mol. The zero-order valence-electron chi connectivity index (χ0n) is 40.9. The number of rotatable bonds is 43. The Morgan fingerprint density at radius 3 is 1.00 bits per heavy atom. The smallest absolute Gasteiger partial charge is 0.361 e. The van der Waals surface area contributed by atoms with Gasteiger partial charge in [0.15, 0.2) is 13.1 Å². The molecule has 0 saturated carbocycles. The molecule has 16 nitrogen and oxygen atoms in total. The second kappa shape index (κ2) is 38.9. The third-order valence-electron chi connectivity index (χ3n) is 10.9. The van der Waals surface area contributed by atoms with E-state index in [1.54, 1.807) is 0 Å². The topological polar surface area (TPSA) is 198 Å². The number of hydrogen-bond acceptors (Lipinski definition) is 14. The first-order chi connectivity index (χ1) is 30.4. The van der Waals surface area contributed by atoms with Gasteiger partial charge in [0.1, 0.15) is 39.5 Å². The summed E-state index contributed by atoms with van der Waals surface area (Å²) >= 11 is 0. The fourth-order valence-corrected chi connectivity index (χ4v) is 6.86. The number of hydrogen-bond donors (Lipinski definition) is 2. The number of quaternary nitrogens is 2. The number of carbonyl (C=O) groups excluding carboxylic acids is 6. The van der Waals surface area contributed by atoms with Crippen LogP contribution in [-0.4, -0.2) is 161 Å². The van der Waals surface area contributed by atoms with E-state index in [1.165, 1.54) is 13.8 Å². The molecule has 0 aliphatic carbocycles. The van der Waals surface area contributed by atoms with Crippen molar-refractivity contribution in [2.45, 2.75) is 180 Å². The highest BCUT2D eigenvalue weighted by Crippen LogP contribution is 2.14. The monoisotopic (exact) mass is 919 g/mol. The molecule has 0 saturated heterocycles. The zero-order chi connectivity index (χ0) is 47.9. The number of aliphatic hydroxyl groups is 2. The highest BCUT2D eigenvalue weighted by atomic mass is 16.6. The second-order valence-corrected chi connectivity index (χ2v) is 18.6. The molecule has 0 bridgehead atoms. The number of carbonyl (C=O) groups is 6. The van der Waals surface area contributed by atoms with Crippen LogP contribution in [0.15, 0.2) is 0 Å². The Bertz CT molecular complexity index is 1170. The molecule has 0 fully saturated rings. The van der Waals surface area contributed by atoms with Gasteiger partial charge in [-0.2, -0.15) is 0 Å². The predicted octanol–water partition coefficient (Wildman–Crippen LogP) is 6.52. The van der Waals surface area contributed by atoms with E-state index >= 15 is 0 Å². The van der Waals surface area contributed by atoms with E-state index in [9.17, 15) is 39.0 Å². The average Bonchev–Trinajstić information content (AvgIpc) is 3.20. The first kappa shape index (κ1) is 60.7. The number of unbranched alkanes of at least 4 members (excludes halogenated alkanes) is 17. The van der Waals surface area contributed by atoms with Crippen molar-refractivity contribution in [3.05, 3.63) is 0 Å². The maximum Gasteiger partial charge on any atom is 0.361 e. The molecular weight excluding hydrogens is 829 g/mol. The van der Waals surface area contributed by atoms with Gasteiger partial charge in [-0.05, 0) is 38.5 Å². The molecular formula is C48H90N2O14+2. The lowest BCUT2D eigenvalue weighted by atomic mass is 10.1. The summed E-state index contributed by atoms with van der Waals surface area (Å²) in [6, 6.07) is 0. The Morgan fingerprint density at radius 2 is 0.672 bits per heavy atom. The Hall–Kier alpha value is -3.34. The maximum absolute atomic E-state index is 12.1. The molecule has 0 aliphatic heterocycles. The standard InChI is InChI=1S/C48H90N2O14/c1-41(51)59-35-31-49(3,4)37-47(57)63-39-43(53)27-21-15-9-11-17-23-29-45(55)61-33-25-19-13-7-8-14-20-26-34-62-46(56)30-24-18-12-10-16-22-28-44(54)40-64-48(58)38-50(5,6)32-36-60-42(2)52/h43-44,53-54H,7-40H2,1-6H3/q+2. The first-order valence-corrected chi connectivity index (χ1v) is 24.3. The van der Waals surface area contributed by atoms with Crippen LogP contribution in [-0.2, 0) is 57.2 Å². The molecule has 16 heteroatoms. The van der Waals surface area contributed by atoms with Crippen molar-refractivity contribution in [2.24, 2.45) is 0 Å². The lowest BCUT2D eigenvalue weighted by molar-refractivity contribution is -0.883. The van der Waals surface area contributed by atoms with Gasteiger partial charge in [0, 0.05) is 26.7 Å². The molecule has 64 heavy (non-hydrogen) atoms. The number of ether oxygens (including phenoxy) is 6. The molecule has 374 valence electrons. The Morgan fingerprint density at radius 1 is 0.375 bits per heavy atom. The normalized spacial score (nSPS) is 12.6. The van der Waals surface area contributed by atoms with Gasteiger partial charge in [-0.25, -0.2) is 9.59 Å². The van der Waals surface area contributed by atoms with E-state index in [4.69, 9.17) is 28.4 Å². The van der Waals surface area contributed by atoms with E-state index in [-0.39, 0.29) is 63.4 Å². The van der Waals surface area contributed by atoms with E-state index in [0.717, 1.165) is 128 Å². The van der Waals surface area contributed by atoms with Crippen LogP contribution in [0.1, 0.15) is 168 Å². The van der Waals surface area contributed by atoms with Crippen LogP contribution in [0, 0.1) is 0 Å². The summed E-state index contributed by atoms with van der Waals surface area (Å²) in [4.78, 5) is 70.2. The van der Waals surface area contributed by atoms with Crippen molar-refractivity contribution < 1.29 is 76.4 Å². The van der Waals surface area contributed by atoms with Crippen molar-refractivity contribution in [1.29, 1.82) is 0 Å². The molecule has 0 aromatic carbocycles. The average molecular weight is 919 g/mol. The first-order valence-electron chi connectivity index (χ1n) is 24.3. The minimum Gasteiger partial charge on any atom is -0.466 e. The van der Waals surface area contributed by atoms with E-state index in [2.05, 4.69) is 0 Å². The second-order valence-electron chi connectivity index (χ2n) is 18.6. The molecule has 0 aliphatic rings. The van der Waals surface area contributed by atoms with Crippen LogP contribution in [0.4, 0.5) is 0 Å². The molecule has 0 radical (unpaired) electrons. The molecule has 0 aromatic rings. The van der Waals surface area contributed by atoms with Gasteiger partial charge in [-0.15, -0.1) is 0 Å². The van der Waals surface area contributed by atoms with E-state index in [0.29, 0.717) is 61.0 Å². The third kappa shape index (κ3) is 42.6. The molecule has 0 aromatic heterocycles. The van der Waals surface area contributed by atoms with Gasteiger partial charge in [-0.1, -0.05) is 103 Å². The summed E-state index contributed by atoms with van der Waals surface area (Å²) in [6.45, 7) is 5.32. The van der Waals surface area contributed by atoms with Gasteiger partial charge in [0.25, 0.3) is 0 Å². The maximum atomic E-state index is 12.1. The summed E-state index contributed by atoms with van der Waals surface area (Å²) in [5.41, 5.74) is 0. The SMILES string of the molecule is CC(=O)OCC[N+](C)(C)CC(=O)OCC(O)CCCCCCCCC(=O)OCCCCCCCCCCOC(=O)CCCCCCCCC(O)COC(=O)C[N+](C)(C)CCOC(C)=O. The van der Waals surface area contributed by atoms with Gasteiger partial charge < -0.3 is 47.6 Å². The highest BCUT2D eigenvalue weighted by Gasteiger charge is 2.23. The Kier molecular flexibility index (Phi) is 36.9. The minimum atomic E-state index is -0.689. The Labute approximate surface area is 385 Å². The van der Waals surface area contributed by atoms with Crippen LogP contribution in [0.25, 0.3) is 0 Å². The van der Waals surface area contributed by atoms with Crippen LogP contribution in [0.5, 0.6) is 0 Å². The van der Waals surface area contributed by atoms with Crippen LogP contribution < -0.4 is 0 Å². The third-order valence-corrected chi connectivity index (χ3v) is 10.9. The molecule has 0 heterocycles. The summed E-state index contributed by atoms with van der Waals surface area (Å²) in [7, 11) is 7.41. The molecule has 2 unspecified atom stereocenters. The summed E-state index contributed by atoms with van der Waals surface area (Å²) in [6.07, 6.45) is 20.3. The van der Waals surface area contributed by atoms with Gasteiger partial charge in [-0.3, -0.25) is 19.2 Å². The van der Waals surface area contributed by atoms with Crippen LogP contribution >= 0.6 is 0 Å². The van der Waals surface area contributed by atoms with Crippen molar-refractivity contribution in [2.75, 3.05) is 94.0 Å². The van der Waals surface area contributed by atoms with E-state index in [1.807, 2.05) is 28.2 Å². The quantitative estimate of drug-likeness (QED) is 0.0290. The van der Waals surface area contributed by atoms with Crippen molar-refractivity contribution in [3.63, 3.8) is 0 Å². The lowest BCUT2D eigenvalue weighted by Gasteiger charge is -2.28. The Balaban J connectivity index is 3.52. The van der Waals surface area contributed by atoms with Crippen LogP contribution in [0.2, 0.25) is 0 Å². The summed E-state index contributed by atoms with van der Waals surface area (Å²) in [5, 5.41) is 20.3. The molecule has 0 amide bonds. The number of aliphatic hydroxyl groups excluding tert-OH is 2. The van der Waals surface area contributed by atoms with Crippen molar-refractivity contribution >= 4 is 35.8 Å². The number of nitrogens with zero attached hydrogens (tertiary/aromatic N) is 2. The molecule has 0 spiro atoms.